The number of rotatable bonds is 1. The van der Waals surface area contributed by atoms with E-state index in [-0.39, 0.29) is 11.0 Å². The van der Waals surface area contributed by atoms with Crippen LogP contribution in [0.5, 0.6) is 0 Å². The second kappa shape index (κ2) is 4.08. The highest BCUT2D eigenvalue weighted by Crippen LogP contribution is 2.22. The number of aromatic amines is 1. The second-order valence-corrected chi connectivity index (χ2v) is 5.54. The van der Waals surface area contributed by atoms with Gasteiger partial charge in [-0.25, -0.2) is 9.67 Å². The largest absolute Gasteiger partial charge is 0.291 e. The Labute approximate surface area is 106 Å². The van der Waals surface area contributed by atoms with Crippen molar-refractivity contribution in [1.82, 2.24) is 19.7 Å². The van der Waals surface area contributed by atoms with Crippen LogP contribution in [-0.4, -0.2) is 19.7 Å². The fraction of sp³-hybridized carbons (Fsp3) is 0.462. The van der Waals surface area contributed by atoms with E-state index in [2.05, 4.69) is 35.8 Å². The van der Waals surface area contributed by atoms with Crippen LogP contribution in [0.1, 0.15) is 37.9 Å². The molecule has 0 atom stereocenters. The molecule has 0 aliphatic heterocycles. The van der Waals surface area contributed by atoms with E-state index in [0.717, 1.165) is 11.4 Å². The van der Waals surface area contributed by atoms with Crippen LogP contribution >= 0.6 is 0 Å². The van der Waals surface area contributed by atoms with E-state index in [1.165, 1.54) is 6.07 Å². The van der Waals surface area contributed by atoms with Crippen molar-refractivity contribution in [2.24, 2.45) is 0 Å². The molecule has 0 saturated carbocycles. The molecule has 0 bridgehead atoms. The summed E-state index contributed by atoms with van der Waals surface area (Å²) in [4.78, 5) is 18.5. The molecule has 2 aromatic rings. The number of aromatic nitrogens is 4. The maximum Gasteiger partial charge on any atom is 0.252 e. The van der Waals surface area contributed by atoms with Crippen LogP contribution in [-0.2, 0) is 5.41 Å². The summed E-state index contributed by atoms with van der Waals surface area (Å²) < 4.78 is 1.68. The highest BCUT2D eigenvalue weighted by atomic mass is 16.1. The first-order valence-corrected chi connectivity index (χ1v) is 5.93. The Kier molecular flexibility index (Phi) is 2.84. The van der Waals surface area contributed by atoms with Crippen LogP contribution in [0.4, 0.5) is 0 Å². The molecule has 5 nitrogen and oxygen atoms in total. The van der Waals surface area contributed by atoms with Gasteiger partial charge in [0.1, 0.15) is 0 Å². The molecule has 1 N–H and O–H groups in total. The summed E-state index contributed by atoms with van der Waals surface area (Å²) in [6.07, 6.45) is 0. The third-order valence-corrected chi connectivity index (χ3v) is 2.71. The quantitative estimate of drug-likeness (QED) is 0.835. The van der Waals surface area contributed by atoms with Gasteiger partial charge in [0.25, 0.3) is 5.56 Å². The summed E-state index contributed by atoms with van der Waals surface area (Å²) in [5.74, 6) is 0.466. The minimum absolute atomic E-state index is 0.0276. The number of nitrogens with zero attached hydrogens (tertiary/aromatic N) is 3. The Morgan fingerprint density at radius 2 is 1.89 bits per heavy atom. The van der Waals surface area contributed by atoms with Crippen molar-refractivity contribution in [3.8, 4) is 5.95 Å². The lowest BCUT2D eigenvalue weighted by Crippen LogP contribution is -2.16. The molecule has 2 heterocycles. The summed E-state index contributed by atoms with van der Waals surface area (Å²) >= 11 is 0. The molecule has 18 heavy (non-hydrogen) atoms. The van der Waals surface area contributed by atoms with Gasteiger partial charge in [0.15, 0.2) is 0 Å². The summed E-state index contributed by atoms with van der Waals surface area (Å²) in [6, 6.07) is 3.48. The van der Waals surface area contributed by atoms with E-state index in [1.807, 2.05) is 13.0 Å². The molecule has 0 radical (unpaired) electrons. The van der Waals surface area contributed by atoms with E-state index in [1.54, 1.807) is 11.6 Å². The van der Waals surface area contributed by atoms with Crippen molar-refractivity contribution in [3.05, 3.63) is 39.6 Å². The molecule has 0 aliphatic carbocycles. The van der Waals surface area contributed by atoms with E-state index < -0.39 is 0 Å². The van der Waals surface area contributed by atoms with E-state index in [0.29, 0.717) is 11.6 Å². The SMILES string of the molecule is Cc1cc(=O)[nH]c(-n2nc(C(C)(C)C)cc2C)n1. The molecule has 5 heteroatoms. The third-order valence-electron chi connectivity index (χ3n) is 2.71. The summed E-state index contributed by atoms with van der Waals surface area (Å²) in [7, 11) is 0. The van der Waals surface area contributed by atoms with Gasteiger partial charge in [-0.2, -0.15) is 5.10 Å². The van der Waals surface area contributed by atoms with Crippen molar-refractivity contribution in [3.63, 3.8) is 0 Å². The van der Waals surface area contributed by atoms with Gasteiger partial charge >= 0.3 is 0 Å². The Balaban J connectivity index is 2.58. The van der Waals surface area contributed by atoms with Gasteiger partial charge in [-0.1, -0.05) is 20.8 Å². The van der Waals surface area contributed by atoms with E-state index in [9.17, 15) is 4.79 Å². The highest BCUT2D eigenvalue weighted by molar-refractivity contribution is 5.23. The lowest BCUT2D eigenvalue weighted by molar-refractivity contribution is 0.557. The fourth-order valence-electron chi connectivity index (χ4n) is 1.72. The number of nitrogens with one attached hydrogen (secondary N) is 1. The standard InChI is InChI=1S/C13H18N4O/c1-8-6-11(18)15-12(14-8)17-9(2)7-10(16-17)13(3,4)5/h6-7H,1-5H3,(H,14,15,18). The number of aryl methyl sites for hydroxylation is 2. The first-order valence-electron chi connectivity index (χ1n) is 5.93. The lowest BCUT2D eigenvalue weighted by Gasteiger charge is -2.14. The molecule has 2 rings (SSSR count). The van der Waals surface area contributed by atoms with Gasteiger partial charge in [-0.15, -0.1) is 0 Å². The smallest absolute Gasteiger partial charge is 0.252 e. The van der Waals surface area contributed by atoms with Crippen LogP contribution < -0.4 is 5.56 Å². The predicted molar refractivity (Wildman–Crippen MR) is 70.2 cm³/mol. The Bertz CT molecular complexity index is 631. The van der Waals surface area contributed by atoms with Crippen molar-refractivity contribution < 1.29 is 0 Å². The van der Waals surface area contributed by atoms with Crippen LogP contribution in [0.25, 0.3) is 5.95 Å². The number of hydrogen-bond acceptors (Lipinski definition) is 3. The lowest BCUT2D eigenvalue weighted by atomic mass is 9.92. The van der Waals surface area contributed by atoms with Crippen molar-refractivity contribution >= 4 is 0 Å². The Morgan fingerprint density at radius 1 is 1.22 bits per heavy atom. The zero-order valence-corrected chi connectivity index (χ0v) is 11.4. The summed E-state index contributed by atoms with van der Waals surface area (Å²) in [6.45, 7) is 10.1. The molecule has 0 aliphatic rings. The molecule has 2 aromatic heterocycles. The van der Waals surface area contributed by atoms with E-state index in [4.69, 9.17) is 0 Å². The molecule has 0 amide bonds. The minimum Gasteiger partial charge on any atom is -0.291 e. The number of hydrogen-bond donors (Lipinski definition) is 1. The maximum atomic E-state index is 11.5. The first kappa shape index (κ1) is 12.5. The van der Waals surface area contributed by atoms with Gasteiger partial charge in [0.2, 0.25) is 5.95 Å². The molecular formula is C13H18N4O. The van der Waals surface area contributed by atoms with Crippen molar-refractivity contribution in [2.45, 2.75) is 40.0 Å². The van der Waals surface area contributed by atoms with Gasteiger partial charge in [-0.3, -0.25) is 9.78 Å². The molecule has 0 aromatic carbocycles. The Morgan fingerprint density at radius 3 is 2.39 bits per heavy atom. The van der Waals surface area contributed by atoms with Crippen molar-refractivity contribution in [2.75, 3.05) is 0 Å². The average Bonchev–Trinajstić information content (AvgIpc) is 2.58. The molecule has 0 spiro atoms. The number of H-pyrrole nitrogens is 1. The second-order valence-electron chi connectivity index (χ2n) is 5.54. The van der Waals surface area contributed by atoms with Gasteiger partial charge in [0, 0.05) is 22.9 Å². The monoisotopic (exact) mass is 246 g/mol. The average molecular weight is 246 g/mol. The first-order chi connectivity index (χ1) is 8.27. The molecular weight excluding hydrogens is 228 g/mol. The van der Waals surface area contributed by atoms with Crippen LogP contribution in [0.3, 0.4) is 0 Å². The van der Waals surface area contributed by atoms with E-state index >= 15 is 0 Å². The van der Waals surface area contributed by atoms with Crippen molar-refractivity contribution in [1.29, 1.82) is 0 Å². The van der Waals surface area contributed by atoms with Crippen LogP contribution in [0.15, 0.2) is 16.9 Å². The Hall–Kier alpha value is -1.91. The molecule has 0 saturated heterocycles. The summed E-state index contributed by atoms with van der Waals surface area (Å²) in [5.41, 5.74) is 2.42. The topological polar surface area (TPSA) is 63.6 Å². The fourth-order valence-corrected chi connectivity index (χ4v) is 1.72. The zero-order valence-electron chi connectivity index (χ0n) is 11.4. The maximum absolute atomic E-state index is 11.5. The molecule has 96 valence electrons. The van der Waals surface area contributed by atoms with Gasteiger partial charge < -0.3 is 0 Å². The molecule has 0 unspecified atom stereocenters. The van der Waals surface area contributed by atoms with Gasteiger partial charge in [-0.05, 0) is 19.9 Å². The minimum atomic E-state index is -0.162. The third kappa shape index (κ3) is 2.34. The normalized spacial score (nSPS) is 11.8. The zero-order chi connectivity index (χ0) is 13.5. The van der Waals surface area contributed by atoms with Crippen LogP contribution in [0.2, 0.25) is 0 Å². The summed E-state index contributed by atoms with van der Waals surface area (Å²) in [5, 5.41) is 4.52. The van der Waals surface area contributed by atoms with Gasteiger partial charge in [0.05, 0.1) is 5.69 Å². The highest BCUT2D eigenvalue weighted by Gasteiger charge is 2.19. The predicted octanol–water partition coefficient (Wildman–Crippen LogP) is 1.87. The molecule has 0 fully saturated rings. The van der Waals surface area contributed by atoms with Crippen LogP contribution in [0, 0.1) is 13.8 Å².